The minimum absolute atomic E-state index is 0.226. The van der Waals surface area contributed by atoms with E-state index < -0.39 is 0 Å². The van der Waals surface area contributed by atoms with Gasteiger partial charge in [-0.05, 0) is 18.1 Å². The maximum absolute atomic E-state index is 13.4. The van der Waals surface area contributed by atoms with Crippen LogP contribution >= 0.6 is 0 Å². The van der Waals surface area contributed by atoms with Crippen LogP contribution in [0.15, 0.2) is 60.3 Å². The van der Waals surface area contributed by atoms with Gasteiger partial charge in [0.05, 0.1) is 12.7 Å². The first-order chi connectivity index (χ1) is 14.6. The fourth-order valence-electron chi connectivity index (χ4n) is 3.85. The summed E-state index contributed by atoms with van der Waals surface area (Å²) in [4.78, 5) is 30.0. The second-order valence-corrected chi connectivity index (χ2v) is 7.59. The molecule has 0 atom stereocenters. The van der Waals surface area contributed by atoms with Crippen LogP contribution < -0.4 is 4.74 Å². The van der Waals surface area contributed by atoms with Gasteiger partial charge in [0, 0.05) is 25.7 Å². The predicted octanol–water partition coefficient (Wildman–Crippen LogP) is 4.49. The summed E-state index contributed by atoms with van der Waals surface area (Å²) in [5.74, 6) is 0.124. The molecule has 30 heavy (non-hydrogen) atoms. The van der Waals surface area contributed by atoms with Gasteiger partial charge in [-0.15, -0.1) is 0 Å². The highest BCUT2D eigenvalue weighted by molar-refractivity contribution is 6.36. The molecule has 1 heterocycles. The Labute approximate surface area is 178 Å². The molecule has 1 aliphatic rings. The zero-order valence-corrected chi connectivity index (χ0v) is 18.1. The van der Waals surface area contributed by atoms with Crippen LogP contribution in [-0.4, -0.2) is 42.3 Å². The maximum Gasteiger partial charge on any atom is 0.277 e. The monoisotopic (exact) mass is 406 g/mol. The molecule has 0 saturated heterocycles. The van der Waals surface area contributed by atoms with Crippen molar-refractivity contribution in [2.24, 2.45) is 0 Å². The van der Waals surface area contributed by atoms with Crippen molar-refractivity contribution in [2.45, 2.75) is 39.2 Å². The van der Waals surface area contributed by atoms with E-state index in [1.54, 1.807) is 7.11 Å². The molecule has 158 valence electrons. The zero-order valence-electron chi connectivity index (χ0n) is 18.1. The maximum atomic E-state index is 13.4. The third-order valence-electron chi connectivity index (χ3n) is 5.40. The molecule has 0 unspecified atom stereocenters. The first kappa shape index (κ1) is 21.6. The van der Waals surface area contributed by atoms with E-state index in [1.165, 1.54) is 4.90 Å². The van der Waals surface area contributed by atoms with Crippen LogP contribution in [0.1, 0.15) is 43.7 Å². The molecule has 2 amide bonds. The van der Waals surface area contributed by atoms with E-state index in [9.17, 15) is 9.59 Å². The molecule has 3 rings (SSSR count). The number of hydrogen-bond acceptors (Lipinski definition) is 4. The molecule has 0 radical (unpaired) electrons. The van der Waals surface area contributed by atoms with Crippen LogP contribution in [0.5, 0.6) is 5.75 Å². The number of ether oxygens (including phenoxy) is 1. The SMILES string of the molecule is CCCCCCN1C(=O)C(c2ccccc2OC)=C(N(C)Cc2ccccc2)C1=O. The highest BCUT2D eigenvalue weighted by Gasteiger charge is 2.41. The Bertz CT molecular complexity index is 921. The number of imide groups is 1. The summed E-state index contributed by atoms with van der Waals surface area (Å²) in [6.45, 7) is 3.13. The Morgan fingerprint density at radius 3 is 2.30 bits per heavy atom. The lowest BCUT2D eigenvalue weighted by Gasteiger charge is -2.22. The summed E-state index contributed by atoms with van der Waals surface area (Å²) >= 11 is 0. The van der Waals surface area contributed by atoms with E-state index in [0.29, 0.717) is 35.7 Å². The van der Waals surface area contributed by atoms with E-state index in [1.807, 2.05) is 66.5 Å². The van der Waals surface area contributed by atoms with E-state index in [-0.39, 0.29) is 11.8 Å². The number of amides is 2. The van der Waals surface area contributed by atoms with Crippen molar-refractivity contribution in [3.63, 3.8) is 0 Å². The van der Waals surface area contributed by atoms with E-state index in [2.05, 4.69) is 6.92 Å². The van der Waals surface area contributed by atoms with E-state index in [0.717, 1.165) is 31.2 Å². The Morgan fingerprint density at radius 1 is 0.900 bits per heavy atom. The average molecular weight is 407 g/mol. The van der Waals surface area contributed by atoms with Crippen molar-refractivity contribution in [1.82, 2.24) is 9.80 Å². The van der Waals surface area contributed by atoms with Crippen molar-refractivity contribution in [3.05, 3.63) is 71.4 Å². The first-order valence-electron chi connectivity index (χ1n) is 10.6. The summed E-state index contributed by atoms with van der Waals surface area (Å²) < 4.78 is 5.50. The van der Waals surface area contributed by atoms with Gasteiger partial charge in [-0.2, -0.15) is 0 Å². The Hall–Kier alpha value is -3.08. The number of para-hydroxylation sites is 1. The van der Waals surface area contributed by atoms with Gasteiger partial charge in [-0.25, -0.2) is 0 Å². The third kappa shape index (κ3) is 4.56. The van der Waals surface area contributed by atoms with Gasteiger partial charge in [-0.1, -0.05) is 74.7 Å². The second kappa shape index (κ2) is 10.1. The highest BCUT2D eigenvalue weighted by Crippen LogP contribution is 2.36. The van der Waals surface area contributed by atoms with Gasteiger partial charge in [0.2, 0.25) is 0 Å². The molecule has 5 nitrogen and oxygen atoms in total. The molecular formula is C25H30N2O3. The molecule has 0 bridgehead atoms. The molecule has 0 aromatic heterocycles. The molecule has 2 aromatic rings. The standard InChI is InChI=1S/C25H30N2O3/c1-4-5-6-12-17-27-24(28)22(20-15-10-11-16-21(20)30-3)23(25(27)29)26(2)18-19-13-8-7-9-14-19/h7-11,13-16H,4-6,12,17-18H2,1-3H3. The van der Waals surface area contributed by atoms with Gasteiger partial charge >= 0.3 is 0 Å². The Kier molecular flexibility index (Phi) is 7.28. The predicted molar refractivity (Wildman–Crippen MR) is 119 cm³/mol. The number of carbonyl (C=O) groups is 2. The number of carbonyl (C=O) groups excluding carboxylic acids is 2. The fourth-order valence-corrected chi connectivity index (χ4v) is 3.85. The Balaban J connectivity index is 1.97. The van der Waals surface area contributed by atoms with Crippen molar-refractivity contribution >= 4 is 17.4 Å². The van der Waals surface area contributed by atoms with Gasteiger partial charge in [0.1, 0.15) is 11.4 Å². The average Bonchev–Trinajstić information content (AvgIpc) is 3.01. The van der Waals surface area contributed by atoms with Gasteiger partial charge < -0.3 is 9.64 Å². The Morgan fingerprint density at radius 2 is 1.60 bits per heavy atom. The van der Waals surface area contributed by atoms with Gasteiger partial charge in [0.15, 0.2) is 0 Å². The largest absolute Gasteiger partial charge is 0.496 e. The van der Waals surface area contributed by atoms with Crippen LogP contribution in [0.25, 0.3) is 5.57 Å². The normalized spacial score (nSPS) is 13.9. The number of benzene rings is 2. The molecule has 0 spiro atoms. The van der Waals surface area contributed by atoms with Crippen LogP contribution in [0.4, 0.5) is 0 Å². The van der Waals surface area contributed by atoms with Crippen LogP contribution in [0.2, 0.25) is 0 Å². The molecule has 2 aromatic carbocycles. The number of rotatable bonds is 10. The zero-order chi connectivity index (χ0) is 21.5. The quantitative estimate of drug-likeness (QED) is 0.431. The first-order valence-corrected chi connectivity index (χ1v) is 10.6. The fraction of sp³-hybridized carbons (Fsp3) is 0.360. The van der Waals surface area contributed by atoms with E-state index in [4.69, 9.17) is 4.74 Å². The molecule has 0 saturated carbocycles. The topological polar surface area (TPSA) is 49.9 Å². The molecule has 1 aliphatic heterocycles. The third-order valence-corrected chi connectivity index (χ3v) is 5.40. The molecule has 0 fully saturated rings. The van der Waals surface area contributed by atoms with Crippen LogP contribution in [0.3, 0.4) is 0 Å². The lowest BCUT2D eigenvalue weighted by Crippen LogP contribution is -2.34. The highest BCUT2D eigenvalue weighted by atomic mass is 16.5. The van der Waals surface area contributed by atoms with E-state index >= 15 is 0 Å². The minimum Gasteiger partial charge on any atom is -0.496 e. The summed E-state index contributed by atoms with van der Waals surface area (Å²) in [5, 5.41) is 0. The number of nitrogens with zero attached hydrogens (tertiary/aromatic N) is 2. The summed E-state index contributed by atoms with van der Waals surface area (Å²) in [6.07, 6.45) is 4.04. The van der Waals surface area contributed by atoms with Gasteiger partial charge in [0.25, 0.3) is 11.8 Å². The molecule has 0 N–H and O–H groups in total. The smallest absolute Gasteiger partial charge is 0.277 e. The molecule has 0 aliphatic carbocycles. The van der Waals surface area contributed by atoms with Gasteiger partial charge in [-0.3, -0.25) is 14.5 Å². The van der Waals surface area contributed by atoms with Crippen molar-refractivity contribution < 1.29 is 14.3 Å². The summed E-state index contributed by atoms with van der Waals surface area (Å²) in [7, 11) is 3.44. The van der Waals surface area contributed by atoms with Crippen molar-refractivity contribution in [2.75, 3.05) is 20.7 Å². The lowest BCUT2D eigenvalue weighted by atomic mass is 10.0. The molecule has 5 heteroatoms. The van der Waals surface area contributed by atoms with Crippen LogP contribution in [0, 0.1) is 0 Å². The number of unbranched alkanes of at least 4 members (excludes halogenated alkanes) is 3. The van der Waals surface area contributed by atoms with Crippen molar-refractivity contribution in [1.29, 1.82) is 0 Å². The van der Waals surface area contributed by atoms with Crippen molar-refractivity contribution in [3.8, 4) is 5.75 Å². The van der Waals surface area contributed by atoms with Crippen LogP contribution in [-0.2, 0) is 16.1 Å². The summed E-state index contributed by atoms with van der Waals surface area (Å²) in [6, 6.07) is 17.3. The lowest BCUT2D eigenvalue weighted by molar-refractivity contribution is -0.137. The number of hydrogen-bond donors (Lipinski definition) is 0. The minimum atomic E-state index is -0.240. The number of likely N-dealkylation sites (N-methyl/N-ethyl adjacent to an activating group) is 1. The number of methoxy groups -OCH3 is 1. The molecular weight excluding hydrogens is 376 g/mol. The summed E-state index contributed by atoms with van der Waals surface area (Å²) in [5.41, 5.74) is 2.59. The second-order valence-electron chi connectivity index (χ2n) is 7.59.